The average Bonchev–Trinajstić information content (AvgIpc) is 3.26. The van der Waals surface area contributed by atoms with Crippen molar-refractivity contribution in [2.45, 2.75) is 38.0 Å². The SMILES string of the molecule is CCc1ncc(C(=O)Nc2ccc([C@H]3O[C@@H]4CN[C@H]3C4)cc2)cn1. The molecule has 2 saturated heterocycles. The number of aryl methyl sites for hydroxylation is 1. The van der Waals surface area contributed by atoms with E-state index in [1.54, 1.807) is 12.4 Å². The second-order valence-electron chi connectivity index (χ2n) is 6.25. The largest absolute Gasteiger partial charge is 0.367 e. The summed E-state index contributed by atoms with van der Waals surface area (Å²) in [6.07, 6.45) is 5.41. The molecule has 0 spiro atoms. The maximum Gasteiger partial charge on any atom is 0.258 e. The third-order valence-electron chi connectivity index (χ3n) is 4.61. The smallest absolute Gasteiger partial charge is 0.258 e. The van der Waals surface area contributed by atoms with Crippen molar-refractivity contribution in [3.05, 3.63) is 53.6 Å². The van der Waals surface area contributed by atoms with Gasteiger partial charge in [0, 0.05) is 37.1 Å². The van der Waals surface area contributed by atoms with Gasteiger partial charge in [-0.25, -0.2) is 9.97 Å². The van der Waals surface area contributed by atoms with Crippen LogP contribution in [-0.2, 0) is 11.2 Å². The van der Waals surface area contributed by atoms with Crippen molar-refractivity contribution in [1.29, 1.82) is 0 Å². The fourth-order valence-corrected chi connectivity index (χ4v) is 3.29. The molecule has 6 nitrogen and oxygen atoms in total. The highest BCUT2D eigenvalue weighted by molar-refractivity contribution is 6.03. The Kier molecular flexibility index (Phi) is 4.00. The zero-order chi connectivity index (χ0) is 16.5. The lowest BCUT2D eigenvalue weighted by atomic mass is 10.0. The highest BCUT2D eigenvalue weighted by atomic mass is 16.5. The number of carbonyl (C=O) groups is 1. The summed E-state index contributed by atoms with van der Waals surface area (Å²) in [6, 6.07) is 8.25. The number of hydrogen-bond acceptors (Lipinski definition) is 5. The molecule has 2 aliphatic heterocycles. The number of morpholine rings is 1. The standard InChI is InChI=1S/C18H20N4O2/c1-2-16-20-8-12(9-21-16)18(23)22-13-5-3-11(4-6-13)17-15-7-14(24-17)10-19-15/h3-6,8-9,14-15,17,19H,2,7,10H2,1H3,(H,22,23)/t14-,15-,17+/m0/s1. The van der Waals surface area contributed by atoms with E-state index in [9.17, 15) is 4.79 Å². The fourth-order valence-electron chi connectivity index (χ4n) is 3.29. The van der Waals surface area contributed by atoms with Crippen LogP contribution in [0.25, 0.3) is 0 Å². The van der Waals surface area contributed by atoms with E-state index in [0.29, 0.717) is 17.7 Å². The van der Waals surface area contributed by atoms with Gasteiger partial charge in [0.1, 0.15) is 5.82 Å². The molecular weight excluding hydrogens is 304 g/mol. The first-order valence-electron chi connectivity index (χ1n) is 8.34. The molecular formula is C18H20N4O2. The molecule has 0 radical (unpaired) electrons. The van der Waals surface area contributed by atoms with E-state index in [2.05, 4.69) is 20.6 Å². The Labute approximate surface area is 140 Å². The van der Waals surface area contributed by atoms with Crippen molar-refractivity contribution in [3.63, 3.8) is 0 Å². The molecule has 1 aromatic heterocycles. The maximum atomic E-state index is 12.2. The van der Waals surface area contributed by atoms with Crippen molar-refractivity contribution in [1.82, 2.24) is 15.3 Å². The van der Waals surface area contributed by atoms with Gasteiger partial charge in [0.25, 0.3) is 5.91 Å². The number of amides is 1. The van der Waals surface area contributed by atoms with Crippen LogP contribution < -0.4 is 10.6 Å². The second kappa shape index (κ2) is 6.30. The number of aromatic nitrogens is 2. The summed E-state index contributed by atoms with van der Waals surface area (Å²) in [5, 5.41) is 6.35. The van der Waals surface area contributed by atoms with E-state index in [-0.39, 0.29) is 12.0 Å². The Morgan fingerprint density at radius 1 is 1.29 bits per heavy atom. The first-order valence-corrected chi connectivity index (χ1v) is 8.34. The molecule has 2 bridgehead atoms. The summed E-state index contributed by atoms with van der Waals surface area (Å²) in [5.74, 6) is 0.526. The van der Waals surface area contributed by atoms with Gasteiger partial charge in [0.2, 0.25) is 0 Å². The third kappa shape index (κ3) is 2.90. The third-order valence-corrected chi connectivity index (χ3v) is 4.61. The molecule has 2 fully saturated rings. The normalized spacial score (nSPS) is 25.0. The molecule has 0 unspecified atom stereocenters. The minimum Gasteiger partial charge on any atom is -0.367 e. The number of nitrogens with zero attached hydrogens (tertiary/aromatic N) is 2. The molecule has 124 valence electrons. The highest BCUT2D eigenvalue weighted by Gasteiger charge is 2.41. The topological polar surface area (TPSA) is 76.1 Å². The van der Waals surface area contributed by atoms with Crippen LogP contribution >= 0.6 is 0 Å². The van der Waals surface area contributed by atoms with E-state index in [1.165, 1.54) is 0 Å². The molecule has 24 heavy (non-hydrogen) atoms. The van der Waals surface area contributed by atoms with Gasteiger partial charge in [-0.1, -0.05) is 19.1 Å². The van der Waals surface area contributed by atoms with Crippen molar-refractivity contribution < 1.29 is 9.53 Å². The van der Waals surface area contributed by atoms with E-state index in [1.807, 2.05) is 31.2 Å². The monoisotopic (exact) mass is 324 g/mol. The van der Waals surface area contributed by atoms with Crippen LogP contribution in [0, 0.1) is 0 Å². The number of rotatable bonds is 4. The lowest BCUT2D eigenvalue weighted by Gasteiger charge is -2.23. The molecule has 1 amide bonds. The molecule has 3 heterocycles. The minimum absolute atomic E-state index is 0.114. The molecule has 2 aromatic rings. The van der Waals surface area contributed by atoms with Gasteiger partial charge in [0.05, 0.1) is 17.8 Å². The second-order valence-corrected chi connectivity index (χ2v) is 6.25. The van der Waals surface area contributed by atoms with Crippen molar-refractivity contribution in [2.75, 3.05) is 11.9 Å². The Morgan fingerprint density at radius 2 is 2.04 bits per heavy atom. The highest BCUT2D eigenvalue weighted by Crippen LogP contribution is 2.37. The van der Waals surface area contributed by atoms with Crippen molar-refractivity contribution >= 4 is 11.6 Å². The number of carbonyl (C=O) groups excluding carboxylic acids is 1. The first kappa shape index (κ1) is 15.2. The summed E-state index contributed by atoms with van der Waals surface area (Å²) in [6.45, 7) is 2.93. The van der Waals surface area contributed by atoms with Crippen LogP contribution in [-0.4, -0.2) is 34.6 Å². The van der Waals surface area contributed by atoms with Gasteiger partial charge >= 0.3 is 0 Å². The van der Waals surface area contributed by atoms with Gasteiger partial charge < -0.3 is 15.4 Å². The number of nitrogens with one attached hydrogen (secondary N) is 2. The van der Waals surface area contributed by atoms with Gasteiger partial charge in [-0.15, -0.1) is 0 Å². The van der Waals surface area contributed by atoms with Crippen LogP contribution in [0.15, 0.2) is 36.7 Å². The van der Waals surface area contributed by atoms with Gasteiger partial charge in [-0.05, 0) is 24.1 Å². The van der Waals surface area contributed by atoms with E-state index in [4.69, 9.17) is 4.74 Å². The quantitative estimate of drug-likeness (QED) is 0.901. The summed E-state index contributed by atoms with van der Waals surface area (Å²) in [7, 11) is 0. The number of fused-ring (bicyclic) bond motifs is 2. The zero-order valence-corrected chi connectivity index (χ0v) is 13.5. The molecule has 1 aromatic carbocycles. The molecule has 0 saturated carbocycles. The van der Waals surface area contributed by atoms with Crippen LogP contribution in [0.2, 0.25) is 0 Å². The minimum atomic E-state index is -0.205. The van der Waals surface area contributed by atoms with Gasteiger partial charge in [-0.2, -0.15) is 0 Å². The lowest BCUT2D eigenvalue weighted by molar-refractivity contribution is 0.0160. The molecule has 0 aliphatic carbocycles. The Morgan fingerprint density at radius 3 is 2.62 bits per heavy atom. The van der Waals surface area contributed by atoms with E-state index in [0.717, 1.165) is 36.5 Å². The molecule has 3 atom stereocenters. The number of anilines is 1. The predicted octanol–water partition coefficient (Wildman–Crippen LogP) is 2.09. The van der Waals surface area contributed by atoms with Crippen LogP contribution in [0.4, 0.5) is 5.69 Å². The fraction of sp³-hybridized carbons (Fsp3) is 0.389. The number of benzene rings is 1. The van der Waals surface area contributed by atoms with Crippen molar-refractivity contribution in [3.8, 4) is 0 Å². The Bertz CT molecular complexity index is 730. The molecule has 2 aliphatic rings. The summed E-state index contributed by atoms with van der Waals surface area (Å²) in [5.41, 5.74) is 2.35. The molecule has 2 N–H and O–H groups in total. The van der Waals surface area contributed by atoms with E-state index < -0.39 is 0 Å². The summed E-state index contributed by atoms with van der Waals surface area (Å²) < 4.78 is 5.99. The van der Waals surface area contributed by atoms with Crippen LogP contribution in [0.5, 0.6) is 0 Å². The Balaban J connectivity index is 1.42. The maximum absolute atomic E-state index is 12.2. The molecule has 4 rings (SSSR count). The predicted molar refractivity (Wildman–Crippen MR) is 89.8 cm³/mol. The number of hydrogen-bond donors (Lipinski definition) is 2. The van der Waals surface area contributed by atoms with Crippen LogP contribution in [0.1, 0.15) is 41.2 Å². The molecule has 6 heteroatoms. The zero-order valence-electron chi connectivity index (χ0n) is 13.5. The van der Waals surface area contributed by atoms with Crippen molar-refractivity contribution in [2.24, 2.45) is 0 Å². The summed E-state index contributed by atoms with van der Waals surface area (Å²) in [4.78, 5) is 20.5. The summed E-state index contributed by atoms with van der Waals surface area (Å²) >= 11 is 0. The number of ether oxygens (including phenoxy) is 1. The first-order chi connectivity index (χ1) is 11.7. The van der Waals surface area contributed by atoms with Gasteiger partial charge in [-0.3, -0.25) is 4.79 Å². The van der Waals surface area contributed by atoms with E-state index >= 15 is 0 Å². The lowest BCUT2D eigenvalue weighted by Crippen LogP contribution is -2.33. The van der Waals surface area contributed by atoms with Crippen LogP contribution in [0.3, 0.4) is 0 Å². The average molecular weight is 324 g/mol. The van der Waals surface area contributed by atoms with Gasteiger partial charge in [0.15, 0.2) is 0 Å². The Hall–Kier alpha value is -2.31.